The van der Waals surface area contributed by atoms with Crippen LogP contribution in [0.3, 0.4) is 0 Å². The van der Waals surface area contributed by atoms with Gasteiger partial charge in [0, 0.05) is 0 Å². The zero-order valence-electron chi connectivity index (χ0n) is 7.76. The van der Waals surface area contributed by atoms with E-state index in [9.17, 15) is 0 Å². The van der Waals surface area contributed by atoms with Gasteiger partial charge in [-0.1, -0.05) is 0 Å². The molecule has 0 saturated carbocycles. The number of nitrogens with zero attached hydrogens (tertiary/aromatic N) is 3. The molecule has 0 heterocycles. The molecule has 0 saturated heterocycles. The van der Waals surface area contributed by atoms with E-state index >= 15 is 0 Å². The second-order valence-corrected chi connectivity index (χ2v) is 24.2. The third-order valence-electron chi connectivity index (χ3n) is 1.05. The van der Waals surface area contributed by atoms with E-state index in [4.69, 9.17) is 0 Å². The van der Waals surface area contributed by atoms with Crippen LogP contribution in [0.4, 0.5) is 0 Å². The van der Waals surface area contributed by atoms with Crippen LogP contribution in [0.5, 0.6) is 0 Å². The highest BCUT2D eigenvalue weighted by molar-refractivity contribution is 6.61. The maximum Gasteiger partial charge on any atom is 0.152 e. The molecule has 0 bridgehead atoms. The topological polar surface area (TPSA) is 9.72 Å². The van der Waals surface area contributed by atoms with Crippen molar-refractivity contribution in [3.8, 4) is 0 Å². The van der Waals surface area contributed by atoms with Crippen molar-refractivity contribution >= 4 is 61.3 Å². The molecule has 0 aliphatic rings. The zero-order valence-corrected chi connectivity index (χ0v) is 18.6. The first-order valence-electron chi connectivity index (χ1n) is 3.50. The van der Waals surface area contributed by atoms with Crippen molar-refractivity contribution in [3.63, 3.8) is 0 Å². The van der Waals surface area contributed by atoms with E-state index < -0.39 is 0 Å². The largest absolute Gasteiger partial charge is 0.376 e. The summed E-state index contributed by atoms with van der Waals surface area (Å²) in [4.78, 5) is 0. The van der Waals surface area contributed by atoms with Gasteiger partial charge in [0.2, 0.25) is 0 Å². The van der Waals surface area contributed by atoms with Crippen LogP contribution in [0.15, 0.2) is 0 Å². The van der Waals surface area contributed by atoms with E-state index in [2.05, 4.69) is 19.1 Å². The summed E-state index contributed by atoms with van der Waals surface area (Å²) < 4.78 is 7.94. The molecule has 0 aliphatic heterocycles. The van der Waals surface area contributed by atoms with Gasteiger partial charge in [-0.15, -0.1) is 0 Å². The Hall–Kier alpha value is 1.18. The fourth-order valence-electron chi connectivity index (χ4n) is 1.01. The molecule has 0 amide bonds. The highest BCUT2D eigenvalue weighted by Crippen LogP contribution is 1.77. The highest BCUT2D eigenvalue weighted by atomic mass is 28.4. The van der Waals surface area contributed by atoms with Crippen molar-refractivity contribution < 1.29 is 0 Å². The van der Waals surface area contributed by atoms with Crippen molar-refractivity contribution in [2.24, 2.45) is 0 Å². The average Bonchev–Trinajstić information content (AvgIpc) is 1.58. The number of hydrogen-bond donors (Lipinski definition) is 0. The summed E-state index contributed by atoms with van der Waals surface area (Å²) in [5.41, 5.74) is 0. The SMILES string of the molecule is CN([SiH2]N([SiH3])[SiH3])[SiH2]N([SiH3])[SiH3]. The lowest BCUT2D eigenvalue weighted by Crippen LogP contribution is -2.44. The molecular weight excluding hydrogens is 223 g/mol. The second-order valence-electron chi connectivity index (χ2n) is 3.30. The normalized spacial score (nSPS) is 15.6. The smallest absolute Gasteiger partial charge is 0.152 e. The van der Waals surface area contributed by atoms with E-state index in [1.807, 2.05) is 0 Å². The van der Waals surface area contributed by atoms with Crippen molar-refractivity contribution in [3.05, 3.63) is 0 Å². The standard InChI is InChI=1S/CH19N3Si6/c1-2(9-3(5)6)10-4(7)8/h9-10H2,1,5-8H3. The van der Waals surface area contributed by atoms with Crippen LogP contribution in [0.25, 0.3) is 0 Å². The van der Waals surface area contributed by atoms with Crippen LogP contribution in [0, 0.1) is 0 Å². The van der Waals surface area contributed by atoms with Crippen LogP contribution in [0.1, 0.15) is 0 Å². The van der Waals surface area contributed by atoms with Gasteiger partial charge in [0.05, 0.1) is 41.6 Å². The summed E-state index contributed by atoms with van der Waals surface area (Å²) in [6, 6.07) is 0. The molecule has 10 heavy (non-hydrogen) atoms. The first-order chi connectivity index (χ1) is 4.52. The third-order valence-corrected chi connectivity index (χ3v) is 7.74. The minimum absolute atomic E-state index is 0.0823. The monoisotopic (exact) mass is 241 g/mol. The number of hydrogen-bond acceptors (Lipinski definition) is 3. The second kappa shape index (κ2) is 5.78. The molecule has 0 aliphatic carbocycles. The summed E-state index contributed by atoms with van der Waals surface area (Å²) in [5.74, 6) is 0. The third kappa shape index (κ3) is 7.29. The van der Waals surface area contributed by atoms with Crippen LogP contribution >= 0.6 is 0 Å². The molecule has 3 nitrogen and oxygen atoms in total. The van der Waals surface area contributed by atoms with Crippen molar-refractivity contribution in [2.75, 3.05) is 7.05 Å². The van der Waals surface area contributed by atoms with Gasteiger partial charge in [-0.3, -0.25) is 0 Å². The quantitative estimate of drug-likeness (QED) is 0.453. The van der Waals surface area contributed by atoms with Gasteiger partial charge < -0.3 is 12.0 Å². The van der Waals surface area contributed by atoms with Crippen molar-refractivity contribution in [1.29, 1.82) is 0 Å². The summed E-state index contributed by atoms with van der Waals surface area (Å²) in [5, 5.41) is 0. The van der Waals surface area contributed by atoms with Crippen LogP contribution in [-0.4, -0.2) is 80.4 Å². The summed E-state index contributed by atoms with van der Waals surface area (Å²) in [6.45, 7) is 0. The first-order valence-corrected chi connectivity index (χ1v) is 9.61. The lowest BCUT2D eigenvalue weighted by Gasteiger charge is -2.24. The summed E-state index contributed by atoms with van der Waals surface area (Å²) in [7, 11) is 7.72. The molecule has 0 aromatic carbocycles. The van der Waals surface area contributed by atoms with Gasteiger partial charge in [0.15, 0.2) is 19.7 Å². The Balaban J connectivity index is 3.34. The molecule has 0 N–H and O–H groups in total. The Labute approximate surface area is 80.5 Å². The molecule has 0 radical (unpaired) electrons. The predicted octanol–water partition coefficient (Wildman–Crippen LogP) is -7.36. The molecule has 0 fully saturated rings. The maximum absolute atomic E-state index is 2.67. The van der Waals surface area contributed by atoms with Gasteiger partial charge in [-0.05, 0) is 7.05 Å². The van der Waals surface area contributed by atoms with Crippen molar-refractivity contribution in [1.82, 2.24) is 12.0 Å². The summed E-state index contributed by atoms with van der Waals surface area (Å²) >= 11 is 0. The number of rotatable bonds is 4. The molecule has 0 atom stereocenters. The Morgan fingerprint density at radius 2 is 1.20 bits per heavy atom. The average molecular weight is 242 g/mol. The van der Waals surface area contributed by atoms with E-state index in [0.29, 0.717) is 0 Å². The van der Waals surface area contributed by atoms with Crippen LogP contribution in [0.2, 0.25) is 0 Å². The Kier molecular flexibility index (Phi) is 6.47. The van der Waals surface area contributed by atoms with Gasteiger partial charge in [0.1, 0.15) is 0 Å². The van der Waals surface area contributed by atoms with E-state index in [-0.39, 0.29) is 19.7 Å². The minimum Gasteiger partial charge on any atom is -0.376 e. The molecule has 0 aromatic rings. The molecule has 0 aromatic heterocycles. The molecular formula is CH19N3Si6. The lowest BCUT2D eigenvalue weighted by molar-refractivity contribution is 0.766. The van der Waals surface area contributed by atoms with E-state index in [0.717, 1.165) is 0 Å². The van der Waals surface area contributed by atoms with Gasteiger partial charge >= 0.3 is 0 Å². The molecule has 0 unspecified atom stereocenters. The minimum atomic E-state index is 0.0823. The highest BCUT2D eigenvalue weighted by Gasteiger charge is 2.00. The lowest BCUT2D eigenvalue weighted by atomic mass is 11.6. The van der Waals surface area contributed by atoms with Gasteiger partial charge in [-0.2, -0.15) is 0 Å². The Morgan fingerprint density at radius 3 is 1.40 bits per heavy atom. The van der Waals surface area contributed by atoms with Crippen molar-refractivity contribution in [2.45, 2.75) is 0 Å². The summed E-state index contributed by atoms with van der Waals surface area (Å²) in [6.07, 6.45) is 0. The Morgan fingerprint density at radius 1 is 0.900 bits per heavy atom. The first kappa shape index (κ1) is 11.2. The molecule has 0 rings (SSSR count). The van der Waals surface area contributed by atoms with Crippen LogP contribution < -0.4 is 0 Å². The molecule has 62 valence electrons. The van der Waals surface area contributed by atoms with Gasteiger partial charge in [-0.25, -0.2) is 0 Å². The Bertz CT molecular complexity index is 75.1. The molecule has 0 spiro atoms. The van der Waals surface area contributed by atoms with Crippen LogP contribution in [-0.2, 0) is 0 Å². The van der Waals surface area contributed by atoms with Gasteiger partial charge in [0.25, 0.3) is 0 Å². The van der Waals surface area contributed by atoms with E-state index in [1.165, 1.54) is 41.6 Å². The maximum atomic E-state index is 2.67. The fraction of sp³-hybridized carbons (Fsp3) is 1.00. The predicted molar refractivity (Wildman–Crippen MR) is 68.3 cm³/mol. The zero-order chi connectivity index (χ0) is 8.15. The fourth-order valence-corrected chi connectivity index (χ4v) is 16.3. The van der Waals surface area contributed by atoms with E-state index in [1.54, 1.807) is 0 Å². The molecule has 9 heteroatoms.